The maximum absolute atomic E-state index is 5.79. The Morgan fingerprint density at radius 3 is 2.93 bits per heavy atom. The van der Waals surface area contributed by atoms with E-state index >= 15 is 0 Å². The highest BCUT2D eigenvalue weighted by Gasteiger charge is 2.07. The predicted molar refractivity (Wildman–Crippen MR) is 58.7 cm³/mol. The summed E-state index contributed by atoms with van der Waals surface area (Å²) in [7, 11) is 0. The van der Waals surface area contributed by atoms with E-state index < -0.39 is 0 Å². The zero-order valence-electron chi connectivity index (χ0n) is 8.67. The van der Waals surface area contributed by atoms with Crippen LogP contribution >= 0.6 is 0 Å². The molecule has 0 aliphatic heterocycles. The van der Waals surface area contributed by atoms with Crippen molar-refractivity contribution in [2.45, 2.75) is 19.4 Å². The van der Waals surface area contributed by atoms with Crippen LogP contribution in [0.4, 0.5) is 0 Å². The van der Waals surface area contributed by atoms with Crippen molar-refractivity contribution < 1.29 is 0 Å². The average Bonchev–Trinajstić information content (AvgIpc) is 2.70. The summed E-state index contributed by atoms with van der Waals surface area (Å²) in [5.41, 5.74) is 6.91. The molecule has 15 heavy (non-hydrogen) atoms. The van der Waals surface area contributed by atoms with Crippen LogP contribution in [0.3, 0.4) is 0 Å². The fourth-order valence-corrected chi connectivity index (χ4v) is 1.54. The minimum absolute atomic E-state index is 0.128. The van der Waals surface area contributed by atoms with Gasteiger partial charge in [0.1, 0.15) is 0 Å². The monoisotopic (exact) mass is 202 g/mol. The van der Waals surface area contributed by atoms with Crippen LogP contribution in [0.1, 0.15) is 12.5 Å². The molecular formula is C11H14N4. The molecule has 2 aromatic heterocycles. The summed E-state index contributed by atoms with van der Waals surface area (Å²) in [5.74, 6) is 0.861. The SMILES string of the molecule is CC(N)Cc1cccnc1-n1cccn1. The standard InChI is InChI=1S/C11H14N4/c1-9(12)8-10-4-2-5-13-11(10)15-7-3-6-14-15/h2-7,9H,8,12H2,1H3. The van der Waals surface area contributed by atoms with Gasteiger partial charge < -0.3 is 5.73 Å². The first kappa shape index (κ1) is 9.86. The molecule has 4 nitrogen and oxygen atoms in total. The summed E-state index contributed by atoms with van der Waals surface area (Å²) in [6.45, 7) is 1.99. The lowest BCUT2D eigenvalue weighted by Gasteiger charge is -2.09. The van der Waals surface area contributed by atoms with Gasteiger partial charge in [-0.05, 0) is 31.0 Å². The van der Waals surface area contributed by atoms with Crippen molar-refractivity contribution in [1.82, 2.24) is 14.8 Å². The summed E-state index contributed by atoms with van der Waals surface area (Å²) in [5, 5.41) is 4.17. The topological polar surface area (TPSA) is 56.7 Å². The molecule has 0 aromatic carbocycles. The van der Waals surface area contributed by atoms with E-state index in [1.807, 2.05) is 31.3 Å². The van der Waals surface area contributed by atoms with Gasteiger partial charge in [0.15, 0.2) is 5.82 Å². The second-order valence-electron chi connectivity index (χ2n) is 3.62. The smallest absolute Gasteiger partial charge is 0.156 e. The van der Waals surface area contributed by atoms with Crippen LogP contribution in [-0.4, -0.2) is 20.8 Å². The lowest BCUT2D eigenvalue weighted by atomic mass is 10.1. The van der Waals surface area contributed by atoms with E-state index in [0.29, 0.717) is 0 Å². The molecule has 2 aromatic rings. The lowest BCUT2D eigenvalue weighted by molar-refractivity contribution is 0.720. The molecule has 4 heteroatoms. The van der Waals surface area contributed by atoms with Crippen molar-refractivity contribution in [3.63, 3.8) is 0 Å². The number of nitrogens with two attached hydrogens (primary N) is 1. The van der Waals surface area contributed by atoms with Gasteiger partial charge in [-0.25, -0.2) is 9.67 Å². The third-order valence-electron chi connectivity index (χ3n) is 2.13. The highest BCUT2D eigenvalue weighted by molar-refractivity contribution is 5.33. The van der Waals surface area contributed by atoms with E-state index in [0.717, 1.165) is 17.8 Å². The van der Waals surface area contributed by atoms with E-state index in [-0.39, 0.29) is 6.04 Å². The Hall–Kier alpha value is -1.68. The summed E-state index contributed by atoms with van der Waals surface area (Å²) in [6.07, 6.45) is 6.20. The molecule has 2 rings (SSSR count). The highest BCUT2D eigenvalue weighted by atomic mass is 15.3. The molecule has 1 unspecified atom stereocenters. The average molecular weight is 202 g/mol. The number of hydrogen-bond donors (Lipinski definition) is 1. The van der Waals surface area contributed by atoms with Crippen LogP contribution in [0.25, 0.3) is 5.82 Å². The zero-order chi connectivity index (χ0) is 10.7. The van der Waals surface area contributed by atoms with Gasteiger partial charge in [-0.1, -0.05) is 6.07 Å². The number of nitrogens with zero attached hydrogens (tertiary/aromatic N) is 3. The van der Waals surface area contributed by atoms with Crippen LogP contribution in [0.2, 0.25) is 0 Å². The summed E-state index contributed by atoms with van der Waals surface area (Å²) in [6, 6.07) is 5.96. The van der Waals surface area contributed by atoms with Crippen molar-refractivity contribution in [2.24, 2.45) is 5.73 Å². The van der Waals surface area contributed by atoms with Crippen molar-refractivity contribution in [3.8, 4) is 5.82 Å². The fourth-order valence-electron chi connectivity index (χ4n) is 1.54. The molecule has 0 aliphatic rings. The number of rotatable bonds is 3. The van der Waals surface area contributed by atoms with Crippen LogP contribution in [-0.2, 0) is 6.42 Å². The Bertz CT molecular complexity index is 420. The summed E-state index contributed by atoms with van der Waals surface area (Å²) < 4.78 is 1.76. The first-order valence-electron chi connectivity index (χ1n) is 4.97. The van der Waals surface area contributed by atoms with Gasteiger partial charge in [0, 0.05) is 24.6 Å². The quantitative estimate of drug-likeness (QED) is 0.812. The van der Waals surface area contributed by atoms with Crippen molar-refractivity contribution in [2.75, 3.05) is 0 Å². The molecule has 0 radical (unpaired) electrons. The minimum atomic E-state index is 0.128. The molecule has 0 bridgehead atoms. The molecule has 0 spiro atoms. The van der Waals surface area contributed by atoms with E-state index in [1.165, 1.54) is 0 Å². The van der Waals surface area contributed by atoms with Gasteiger partial charge in [0.2, 0.25) is 0 Å². The van der Waals surface area contributed by atoms with Gasteiger partial charge in [0.05, 0.1) is 0 Å². The summed E-state index contributed by atoms with van der Waals surface area (Å²) in [4.78, 5) is 4.32. The number of hydrogen-bond acceptors (Lipinski definition) is 3. The van der Waals surface area contributed by atoms with Gasteiger partial charge >= 0.3 is 0 Å². The van der Waals surface area contributed by atoms with E-state index in [1.54, 1.807) is 17.1 Å². The van der Waals surface area contributed by atoms with Gasteiger partial charge in [-0.15, -0.1) is 0 Å². The predicted octanol–water partition coefficient (Wildman–Crippen LogP) is 1.16. The fraction of sp³-hybridized carbons (Fsp3) is 0.273. The highest BCUT2D eigenvalue weighted by Crippen LogP contribution is 2.11. The van der Waals surface area contributed by atoms with Crippen LogP contribution in [0, 0.1) is 0 Å². The summed E-state index contributed by atoms with van der Waals surface area (Å²) >= 11 is 0. The van der Waals surface area contributed by atoms with Gasteiger partial charge in [-0.2, -0.15) is 5.10 Å². The molecule has 2 heterocycles. The van der Waals surface area contributed by atoms with E-state index in [4.69, 9.17) is 5.73 Å². The van der Waals surface area contributed by atoms with Gasteiger partial charge in [-0.3, -0.25) is 0 Å². The van der Waals surface area contributed by atoms with Crippen molar-refractivity contribution >= 4 is 0 Å². The third-order valence-corrected chi connectivity index (χ3v) is 2.13. The van der Waals surface area contributed by atoms with Crippen LogP contribution in [0.15, 0.2) is 36.8 Å². The molecule has 0 saturated heterocycles. The third kappa shape index (κ3) is 2.22. The molecule has 0 amide bonds. The molecule has 78 valence electrons. The minimum Gasteiger partial charge on any atom is -0.328 e. The molecule has 1 atom stereocenters. The first-order valence-corrected chi connectivity index (χ1v) is 4.97. The molecular weight excluding hydrogens is 188 g/mol. The van der Waals surface area contributed by atoms with Crippen LogP contribution < -0.4 is 5.73 Å². The van der Waals surface area contributed by atoms with Crippen LogP contribution in [0.5, 0.6) is 0 Å². The van der Waals surface area contributed by atoms with Gasteiger partial charge in [0.25, 0.3) is 0 Å². The van der Waals surface area contributed by atoms with Crippen molar-refractivity contribution in [3.05, 3.63) is 42.4 Å². The molecule has 2 N–H and O–H groups in total. The Kier molecular flexibility index (Phi) is 2.78. The Morgan fingerprint density at radius 2 is 2.27 bits per heavy atom. The first-order chi connectivity index (χ1) is 7.27. The number of aromatic nitrogens is 3. The number of pyridine rings is 1. The van der Waals surface area contributed by atoms with E-state index in [9.17, 15) is 0 Å². The molecule has 0 saturated carbocycles. The largest absolute Gasteiger partial charge is 0.328 e. The Morgan fingerprint density at radius 1 is 1.40 bits per heavy atom. The Balaban J connectivity index is 2.38. The lowest BCUT2D eigenvalue weighted by Crippen LogP contribution is -2.19. The maximum atomic E-state index is 5.79. The molecule has 0 fully saturated rings. The Labute approximate surface area is 88.8 Å². The molecule has 0 aliphatic carbocycles. The second-order valence-corrected chi connectivity index (χ2v) is 3.62. The normalized spacial score (nSPS) is 12.7. The van der Waals surface area contributed by atoms with Crippen molar-refractivity contribution in [1.29, 1.82) is 0 Å². The second kappa shape index (κ2) is 4.23. The van der Waals surface area contributed by atoms with E-state index in [2.05, 4.69) is 10.1 Å². The zero-order valence-corrected chi connectivity index (χ0v) is 8.67. The maximum Gasteiger partial charge on any atom is 0.156 e.